The van der Waals surface area contributed by atoms with Crippen LogP contribution >= 0.6 is 28.3 Å². The topological polar surface area (TPSA) is 72.5 Å². The molecule has 0 radical (unpaired) electrons. The molecule has 0 saturated carbocycles. The van der Waals surface area contributed by atoms with Gasteiger partial charge in [-0.15, -0.1) is 12.4 Å². The number of halogens is 2. The first kappa shape index (κ1) is 15.2. The molecule has 3 N–H and O–H groups in total. The number of carbonyl (C=O) groups is 1. The normalized spacial score (nSPS) is 11.4. The molecule has 0 heterocycles. The molecule has 90 valence electrons. The van der Waals surface area contributed by atoms with E-state index >= 15 is 0 Å². The molecule has 0 aliphatic carbocycles. The van der Waals surface area contributed by atoms with Gasteiger partial charge in [-0.1, -0.05) is 12.1 Å². The molecule has 0 fully saturated rings. The Morgan fingerprint density at radius 1 is 1.62 bits per heavy atom. The maximum atomic E-state index is 11.0. The van der Waals surface area contributed by atoms with Gasteiger partial charge in [-0.05, 0) is 22.0 Å². The van der Waals surface area contributed by atoms with Gasteiger partial charge in [-0.25, -0.2) is 0 Å². The Morgan fingerprint density at radius 3 is 2.81 bits per heavy atom. The predicted octanol–water partition coefficient (Wildman–Crippen LogP) is 2.14. The van der Waals surface area contributed by atoms with Crippen LogP contribution in [0.15, 0.2) is 22.7 Å². The first-order chi connectivity index (χ1) is 7.06. The number of rotatable bonds is 3. The van der Waals surface area contributed by atoms with Crippen molar-refractivity contribution in [3.05, 3.63) is 28.2 Å². The number of hydrogen-bond donors (Lipinski definition) is 2. The van der Waals surface area contributed by atoms with E-state index in [1.54, 1.807) is 18.2 Å². The van der Waals surface area contributed by atoms with Gasteiger partial charge in [0.1, 0.15) is 5.75 Å². The van der Waals surface area contributed by atoms with Crippen molar-refractivity contribution in [2.24, 2.45) is 5.73 Å². The molecular formula is C10H13BrClNO3. The number of phenolic OH excluding ortho intramolecular Hbond substituents is 1. The number of methoxy groups -OCH3 is 1. The smallest absolute Gasteiger partial charge is 0.307 e. The zero-order chi connectivity index (χ0) is 11.4. The Labute approximate surface area is 108 Å². The zero-order valence-electron chi connectivity index (χ0n) is 8.64. The molecule has 0 bridgehead atoms. The molecule has 1 aromatic rings. The second-order valence-electron chi connectivity index (χ2n) is 3.06. The Morgan fingerprint density at radius 2 is 2.25 bits per heavy atom. The summed E-state index contributed by atoms with van der Waals surface area (Å²) in [6, 6.07) is 4.56. The van der Waals surface area contributed by atoms with Gasteiger partial charge in [0.15, 0.2) is 0 Å². The lowest BCUT2D eigenvalue weighted by atomic mass is 10.0. The van der Waals surface area contributed by atoms with E-state index in [0.29, 0.717) is 10.0 Å². The number of benzene rings is 1. The highest BCUT2D eigenvalue weighted by atomic mass is 79.9. The maximum Gasteiger partial charge on any atom is 0.307 e. The van der Waals surface area contributed by atoms with Crippen LogP contribution in [-0.2, 0) is 9.53 Å². The Bertz CT molecular complexity index is 373. The molecule has 16 heavy (non-hydrogen) atoms. The number of nitrogens with two attached hydrogens (primary N) is 1. The lowest BCUT2D eigenvalue weighted by Crippen LogP contribution is -2.16. The Balaban J connectivity index is 0.00000225. The molecule has 1 rings (SSSR count). The third-order valence-electron chi connectivity index (χ3n) is 2.03. The Hall–Kier alpha value is -0.780. The minimum absolute atomic E-state index is 0. The Kier molecular flexibility index (Phi) is 6.40. The SMILES string of the molecule is COC(=O)C[C@@H](N)c1cccc(Br)c1O.Cl. The van der Waals surface area contributed by atoms with E-state index in [9.17, 15) is 9.90 Å². The molecule has 1 aromatic carbocycles. The zero-order valence-corrected chi connectivity index (χ0v) is 11.0. The van der Waals surface area contributed by atoms with Crippen molar-refractivity contribution >= 4 is 34.3 Å². The van der Waals surface area contributed by atoms with Crippen molar-refractivity contribution in [3.63, 3.8) is 0 Å². The minimum Gasteiger partial charge on any atom is -0.506 e. The van der Waals surface area contributed by atoms with E-state index in [1.165, 1.54) is 7.11 Å². The first-order valence-corrected chi connectivity index (χ1v) is 5.15. The molecule has 0 saturated heterocycles. The van der Waals surface area contributed by atoms with Gasteiger partial charge < -0.3 is 15.6 Å². The van der Waals surface area contributed by atoms with Crippen LogP contribution in [0, 0.1) is 0 Å². The fraction of sp³-hybridized carbons (Fsp3) is 0.300. The summed E-state index contributed by atoms with van der Waals surface area (Å²) in [5, 5.41) is 9.67. The summed E-state index contributed by atoms with van der Waals surface area (Å²) in [6.07, 6.45) is 0.0422. The van der Waals surface area contributed by atoms with Crippen LogP contribution in [0.4, 0.5) is 0 Å². The van der Waals surface area contributed by atoms with Crippen LogP contribution in [0.1, 0.15) is 18.0 Å². The van der Waals surface area contributed by atoms with Gasteiger partial charge in [0, 0.05) is 11.6 Å². The average Bonchev–Trinajstić information content (AvgIpc) is 2.21. The highest BCUT2D eigenvalue weighted by molar-refractivity contribution is 9.10. The third kappa shape index (κ3) is 3.66. The number of para-hydroxylation sites is 1. The average molecular weight is 311 g/mol. The number of ether oxygens (including phenoxy) is 1. The lowest BCUT2D eigenvalue weighted by molar-refractivity contribution is -0.141. The van der Waals surface area contributed by atoms with Gasteiger partial charge in [0.2, 0.25) is 0 Å². The van der Waals surface area contributed by atoms with Crippen molar-refractivity contribution in [2.45, 2.75) is 12.5 Å². The largest absolute Gasteiger partial charge is 0.506 e. The molecule has 6 heteroatoms. The standard InChI is InChI=1S/C10H12BrNO3.ClH/c1-15-9(13)5-8(12)6-3-2-4-7(11)10(6)14;/h2-4,8,14H,5,12H2,1H3;1H/t8-;/m1./s1. The monoisotopic (exact) mass is 309 g/mol. The van der Waals surface area contributed by atoms with Crippen molar-refractivity contribution < 1.29 is 14.6 Å². The van der Waals surface area contributed by atoms with Gasteiger partial charge in [0.05, 0.1) is 18.0 Å². The summed E-state index contributed by atoms with van der Waals surface area (Å²) >= 11 is 3.18. The summed E-state index contributed by atoms with van der Waals surface area (Å²) in [6.45, 7) is 0. The van der Waals surface area contributed by atoms with E-state index < -0.39 is 12.0 Å². The number of esters is 1. The van der Waals surface area contributed by atoms with E-state index in [2.05, 4.69) is 20.7 Å². The summed E-state index contributed by atoms with van der Waals surface area (Å²) < 4.78 is 5.06. The molecule has 0 aliphatic heterocycles. The molecular weight excluding hydrogens is 297 g/mol. The van der Waals surface area contributed by atoms with Crippen molar-refractivity contribution in [2.75, 3.05) is 7.11 Å². The molecule has 4 nitrogen and oxygen atoms in total. The first-order valence-electron chi connectivity index (χ1n) is 4.36. The fourth-order valence-corrected chi connectivity index (χ4v) is 1.59. The number of carbonyl (C=O) groups excluding carboxylic acids is 1. The molecule has 0 amide bonds. The van der Waals surface area contributed by atoms with Crippen molar-refractivity contribution in [1.82, 2.24) is 0 Å². The van der Waals surface area contributed by atoms with Gasteiger partial charge in [0.25, 0.3) is 0 Å². The summed E-state index contributed by atoms with van der Waals surface area (Å²) in [4.78, 5) is 11.0. The minimum atomic E-state index is -0.560. The van der Waals surface area contributed by atoms with Crippen LogP contribution in [0.5, 0.6) is 5.75 Å². The van der Waals surface area contributed by atoms with Gasteiger partial charge in [-0.2, -0.15) is 0 Å². The highest BCUT2D eigenvalue weighted by Crippen LogP contribution is 2.31. The summed E-state index contributed by atoms with van der Waals surface area (Å²) in [7, 11) is 1.30. The molecule has 0 aliphatic rings. The number of phenols is 1. The van der Waals surface area contributed by atoms with E-state index in [-0.39, 0.29) is 24.6 Å². The van der Waals surface area contributed by atoms with Crippen molar-refractivity contribution in [3.8, 4) is 5.75 Å². The molecule has 0 spiro atoms. The second-order valence-corrected chi connectivity index (χ2v) is 3.92. The van der Waals surface area contributed by atoms with Crippen LogP contribution in [0.25, 0.3) is 0 Å². The van der Waals surface area contributed by atoms with Crippen molar-refractivity contribution in [1.29, 1.82) is 0 Å². The highest BCUT2D eigenvalue weighted by Gasteiger charge is 2.16. The number of hydrogen-bond acceptors (Lipinski definition) is 4. The summed E-state index contributed by atoms with van der Waals surface area (Å²) in [5.41, 5.74) is 6.28. The van der Waals surface area contributed by atoms with E-state index in [0.717, 1.165) is 0 Å². The quantitative estimate of drug-likeness (QED) is 0.839. The summed E-state index contributed by atoms with van der Waals surface area (Å²) in [5.74, 6) is -0.337. The van der Waals surface area contributed by atoms with Crippen LogP contribution in [0.3, 0.4) is 0 Å². The number of aromatic hydroxyl groups is 1. The van der Waals surface area contributed by atoms with Gasteiger partial charge in [-0.3, -0.25) is 4.79 Å². The maximum absolute atomic E-state index is 11.0. The van der Waals surface area contributed by atoms with Crippen LogP contribution < -0.4 is 5.73 Å². The molecule has 0 aromatic heterocycles. The van der Waals surface area contributed by atoms with Crippen LogP contribution in [0.2, 0.25) is 0 Å². The molecule has 1 atom stereocenters. The fourth-order valence-electron chi connectivity index (χ4n) is 1.20. The lowest BCUT2D eigenvalue weighted by Gasteiger charge is -2.12. The second kappa shape index (κ2) is 6.73. The molecule has 0 unspecified atom stereocenters. The van der Waals surface area contributed by atoms with Gasteiger partial charge >= 0.3 is 5.97 Å². The van der Waals surface area contributed by atoms with E-state index in [4.69, 9.17) is 5.73 Å². The van der Waals surface area contributed by atoms with Crippen LogP contribution in [-0.4, -0.2) is 18.2 Å². The van der Waals surface area contributed by atoms with E-state index in [1.807, 2.05) is 0 Å². The predicted molar refractivity (Wildman–Crippen MR) is 66.6 cm³/mol. The third-order valence-corrected chi connectivity index (χ3v) is 2.67.